The molecule has 34 heavy (non-hydrogen) atoms. The van der Waals surface area contributed by atoms with Gasteiger partial charge in [0.05, 0.1) is 12.4 Å². The highest BCUT2D eigenvalue weighted by atomic mass is 32.2. The van der Waals surface area contributed by atoms with Crippen molar-refractivity contribution in [1.29, 1.82) is 0 Å². The maximum Gasteiger partial charge on any atom is 0.237 e. The van der Waals surface area contributed by atoms with Crippen molar-refractivity contribution in [2.24, 2.45) is 7.05 Å². The van der Waals surface area contributed by atoms with Gasteiger partial charge in [-0.2, -0.15) is 0 Å². The van der Waals surface area contributed by atoms with E-state index in [1.807, 2.05) is 97.4 Å². The summed E-state index contributed by atoms with van der Waals surface area (Å²) >= 11 is 1.35. The van der Waals surface area contributed by atoms with Crippen molar-refractivity contribution < 1.29 is 14.3 Å². The summed E-state index contributed by atoms with van der Waals surface area (Å²) in [5.74, 6) is 2.08. The van der Waals surface area contributed by atoms with Gasteiger partial charge in [-0.1, -0.05) is 54.2 Å². The van der Waals surface area contributed by atoms with E-state index in [9.17, 15) is 4.79 Å². The molecule has 1 unspecified atom stereocenters. The lowest BCUT2D eigenvalue weighted by molar-refractivity contribution is -0.115. The van der Waals surface area contributed by atoms with Gasteiger partial charge in [0.2, 0.25) is 5.91 Å². The van der Waals surface area contributed by atoms with Crippen molar-refractivity contribution in [2.75, 3.05) is 12.4 Å². The Labute approximate surface area is 203 Å². The van der Waals surface area contributed by atoms with Crippen LogP contribution in [0.5, 0.6) is 11.5 Å². The molecule has 1 atom stereocenters. The quantitative estimate of drug-likeness (QED) is 0.337. The molecule has 0 aliphatic carbocycles. The molecule has 0 aliphatic rings. The van der Waals surface area contributed by atoms with Gasteiger partial charge in [0.1, 0.15) is 18.1 Å². The van der Waals surface area contributed by atoms with Crippen LogP contribution in [0.2, 0.25) is 0 Å². The number of carbonyl (C=O) groups excluding carboxylic acids is 1. The van der Waals surface area contributed by atoms with E-state index in [1.165, 1.54) is 11.8 Å². The second-order valence-electron chi connectivity index (χ2n) is 7.65. The van der Waals surface area contributed by atoms with Crippen LogP contribution < -0.4 is 14.8 Å². The highest BCUT2D eigenvalue weighted by molar-refractivity contribution is 8.00. The number of rotatable bonds is 9. The van der Waals surface area contributed by atoms with E-state index in [4.69, 9.17) is 9.47 Å². The van der Waals surface area contributed by atoms with E-state index < -0.39 is 0 Å². The smallest absolute Gasteiger partial charge is 0.237 e. The van der Waals surface area contributed by atoms with E-state index in [0.29, 0.717) is 23.3 Å². The summed E-state index contributed by atoms with van der Waals surface area (Å²) in [4.78, 5) is 12.7. The lowest BCUT2D eigenvalue weighted by Crippen LogP contribution is -2.22. The number of nitrogens with one attached hydrogen (secondary N) is 1. The van der Waals surface area contributed by atoms with Gasteiger partial charge in [0, 0.05) is 18.3 Å². The second-order valence-corrected chi connectivity index (χ2v) is 8.95. The Kier molecular flexibility index (Phi) is 7.49. The molecule has 0 saturated carbocycles. The summed E-state index contributed by atoms with van der Waals surface area (Å²) < 4.78 is 13.0. The average molecular weight is 475 g/mol. The summed E-state index contributed by atoms with van der Waals surface area (Å²) in [5.41, 5.74) is 2.71. The fourth-order valence-electron chi connectivity index (χ4n) is 3.26. The van der Waals surface area contributed by atoms with Gasteiger partial charge in [0.15, 0.2) is 11.0 Å². The molecule has 1 aromatic heterocycles. The van der Waals surface area contributed by atoms with Crippen molar-refractivity contribution in [3.8, 4) is 22.9 Å². The van der Waals surface area contributed by atoms with Crippen LogP contribution in [-0.4, -0.2) is 33.0 Å². The first kappa shape index (κ1) is 23.4. The van der Waals surface area contributed by atoms with Crippen molar-refractivity contribution in [3.05, 3.63) is 84.4 Å². The van der Waals surface area contributed by atoms with Crippen molar-refractivity contribution in [1.82, 2.24) is 14.8 Å². The number of hydrogen-bond donors (Lipinski definition) is 1. The SMILES string of the molecule is COc1cccc(-c2nnc(SC(C)C(=O)Nc3ccc(OCc4ccccc4)cc3)n2C)c1. The van der Waals surface area contributed by atoms with E-state index in [-0.39, 0.29) is 11.2 Å². The van der Waals surface area contributed by atoms with E-state index in [0.717, 1.165) is 22.6 Å². The first-order valence-electron chi connectivity index (χ1n) is 10.8. The molecule has 3 aromatic carbocycles. The molecule has 1 heterocycles. The third-order valence-corrected chi connectivity index (χ3v) is 6.32. The maximum absolute atomic E-state index is 12.7. The predicted octanol–water partition coefficient (Wildman–Crippen LogP) is 5.19. The molecule has 1 amide bonds. The van der Waals surface area contributed by atoms with Crippen LogP contribution in [0.3, 0.4) is 0 Å². The van der Waals surface area contributed by atoms with Crippen molar-refractivity contribution >= 4 is 23.4 Å². The number of amides is 1. The van der Waals surface area contributed by atoms with Crippen LogP contribution in [-0.2, 0) is 18.4 Å². The van der Waals surface area contributed by atoms with Gasteiger partial charge >= 0.3 is 0 Å². The van der Waals surface area contributed by atoms with Gasteiger partial charge in [-0.05, 0) is 48.9 Å². The van der Waals surface area contributed by atoms with Crippen LogP contribution in [0, 0.1) is 0 Å². The standard InChI is InChI=1S/C26H26N4O3S/c1-18(34-26-29-28-24(30(26)2)20-10-7-11-23(16-20)32-3)25(31)27-21-12-14-22(15-13-21)33-17-19-8-5-4-6-9-19/h4-16,18H,17H2,1-3H3,(H,27,31). The average Bonchev–Trinajstić information content (AvgIpc) is 3.24. The lowest BCUT2D eigenvalue weighted by atomic mass is 10.2. The highest BCUT2D eigenvalue weighted by Crippen LogP contribution is 2.28. The van der Waals surface area contributed by atoms with Gasteiger partial charge in [0.25, 0.3) is 0 Å². The molecule has 7 nitrogen and oxygen atoms in total. The molecule has 8 heteroatoms. The zero-order valence-electron chi connectivity index (χ0n) is 19.3. The van der Waals surface area contributed by atoms with Crippen molar-refractivity contribution in [3.63, 3.8) is 0 Å². The van der Waals surface area contributed by atoms with E-state index in [1.54, 1.807) is 7.11 Å². The summed E-state index contributed by atoms with van der Waals surface area (Å²) in [6, 6.07) is 25.0. The van der Waals surface area contributed by atoms with Crippen LogP contribution in [0.1, 0.15) is 12.5 Å². The molecule has 0 aliphatic heterocycles. The van der Waals surface area contributed by atoms with Crippen LogP contribution >= 0.6 is 11.8 Å². The largest absolute Gasteiger partial charge is 0.497 e. The molecular formula is C26H26N4O3S. The summed E-state index contributed by atoms with van der Waals surface area (Å²) in [6.07, 6.45) is 0. The lowest BCUT2D eigenvalue weighted by Gasteiger charge is -2.12. The molecule has 0 radical (unpaired) electrons. The van der Waals surface area contributed by atoms with Gasteiger partial charge < -0.3 is 19.4 Å². The van der Waals surface area contributed by atoms with Crippen molar-refractivity contribution in [2.45, 2.75) is 23.9 Å². The number of anilines is 1. The number of benzene rings is 3. The minimum absolute atomic E-state index is 0.117. The topological polar surface area (TPSA) is 78.3 Å². The van der Waals surface area contributed by atoms with Crippen LogP contribution in [0.15, 0.2) is 84.0 Å². The number of aromatic nitrogens is 3. The summed E-state index contributed by atoms with van der Waals surface area (Å²) in [7, 11) is 3.51. The van der Waals surface area contributed by atoms with Gasteiger partial charge in [-0.15, -0.1) is 10.2 Å². The number of nitrogens with zero attached hydrogens (tertiary/aromatic N) is 3. The second kappa shape index (κ2) is 10.9. The van der Waals surface area contributed by atoms with Gasteiger partial charge in [-0.3, -0.25) is 4.79 Å². The predicted molar refractivity (Wildman–Crippen MR) is 134 cm³/mol. The molecule has 0 saturated heterocycles. The number of hydrogen-bond acceptors (Lipinski definition) is 6. The molecular weight excluding hydrogens is 448 g/mol. The maximum atomic E-state index is 12.7. The first-order valence-corrected chi connectivity index (χ1v) is 11.7. The molecule has 0 spiro atoms. The number of carbonyl (C=O) groups is 1. The summed E-state index contributed by atoms with van der Waals surface area (Å²) in [6.45, 7) is 2.34. The minimum atomic E-state index is -0.366. The fourth-order valence-corrected chi connectivity index (χ4v) is 4.08. The molecule has 0 bridgehead atoms. The number of methoxy groups -OCH3 is 1. The highest BCUT2D eigenvalue weighted by Gasteiger charge is 2.20. The van der Waals surface area contributed by atoms with Crippen LogP contribution in [0.25, 0.3) is 11.4 Å². The Morgan fingerprint density at radius 3 is 2.50 bits per heavy atom. The monoisotopic (exact) mass is 474 g/mol. The minimum Gasteiger partial charge on any atom is -0.497 e. The Morgan fingerprint density at radius 2 is 1.76 bits per heavy atom. The number of ether oxygens (including phenoxy) is 2. The summed E-state index contributed by atoms with van der Waals surface area (Å²) in [5, 5.41) is 11.8. The Hall–Kier alpha value is -3.78. The number of thioether (sulfide) groups is 1. The Bertz CT molecular complexity index is 1240. The normalized spacial score (nSPS) is 11.6. The molecule has 4 aromatic rings. The molecule has 0 fully saturated rings. The Balaban J connectivity index is 1.34. The fraction of sp³-hybridized carbons (Fsp3) is 0.192. The zero-order valence-corrected chi connectivity index (χ0v) is 20.1. The molecule has 4 rings (SSSR count). The third kappa shape index (κ3) is 5.77. The van der Waals surface area contributed by atoms with Gasteiger partial charge in [-0.25, -0.2) is 0 Å². The first-order chi connectivity index (χ1) is 16.5. The van der Waals surface area contributed by atoms with Crippen LogP contribution in [0.4, 0.5) is 5.69 Å². The molecule has 174 valence electrons. The third-order valence-electron chi connectivity index (χ3n) is 5.18. The Morgan fingerprint density at radius 1 is 1.00 bits per heavy atom. The van der Waals surface area contributed by atoms with E-state index in [2.05, 4.69) is 15.5 Å². The van der Waals surface area contributed by atoms with E-state index >= 15 is 0 Å². The zero-order chi connectivity index (χ0) is 23.9. The molecule has 1 N–H and O–H groups in total.